The molecule has 30 heavy (non-hydrogen) atoms. The average Bonchev–Trinajstić information content (AvgIpc) is 2.80. The van der Waals surface area contributed by atoms with Gasteiger partial charge in [-0.25, -0.2) is 0 Å². The molecule has 0 N–H and O–H groups in total. The van der Waals surface area contributed by atoms with Crippen molar-refractivity contribution in [1.82, 2.24) is 4.98 Å². The fourth-order valence-corrected chi connectivity index (χ4v) is 4.44. The zero-order valence-corrected chi connectivity index (χ0v) is 18.9. The molecule has 4 heteroatoms. The standard InChI is InChI=1S/C26H25BrN2O/c1-3-29(4-2)26-22(16-28-17-23(26)27)25-21-13-9-8-12-20(21)14-15-24(25)30-18-19-10-6-5-7-11-19/h5-17H,3-4,18H2,1-2H3. The monoisotopic (exact) mass is 460 g/mol. The van der Waals surface area contributed by atoms with Crippen molar-refractivity contribution in [1.29, 1.82) is 0 Å². The van der Waals surface area contributed by atoms with Crippen LogP contribution in [0.3, 0.4) is 0 Å². The van der Waals surface area contributed by atoms with Crippen molar-refractivity contribution in [3.05, 3.63) is 89.2 Å². The molecule has 0 aliphatic heterocycles. The second-order valence-corrected chi connectivity index (χ2v) is 7.98. The van der Waals surface area contributed by atoms with Crippen molar-refractivity contribution in [3.63, 3.8) is 0 Å². The maximum atomic E-state index is 6.37. The molecule has 0 saturated heterocycles. The minimum absolute atomic E-state index is 0.522. The van der Waals surface area contributed by atoms with Crippen molar-refractivity contribution < 1.29 is 4.74 Å². The van der Waals surface area contributed by atoms with Crippen molar-refractivity contribution in [2.75, 3.05) is 18.0 Å². The highest BCUT2D eigenvalue weighted by molar-refractivity contribution is 9.10. The predicted molar refractivity (Wildman–Crippen MR) is 129 cm³/mol. The number of halogens is 1. The topological polar surface area (TPSA) is 25.4 Å². The third-order valence-corrected chi connectivity index (χ3v) is 5.93. The Morgan fingerprint density at radius 1 is 0.867 bits per heavy atom. The molecule has 1 aromatic heterocycles. The Morgan fingerprint density at radius 2 is 1.60 bits per heavy atom. The molecule has 152 valence electrons. The molecule has 0 amide bonds. The molecule has 0 atom stereocenters. The molecular formula is C26H25BrN2O. The number of pyridine rings is 1. The molecule has 0 unspecified atom stereocenters. The maximum Gasteiger partial charge on any atom is 0.128 e. The largest absolute Gasteiger partial charge is 0.488 e. The van der Waals surface area contributed by atoms with E-state index in [9.17, 15) is 0 Å². The highest BCUT2D eigenvalue weighted by Crippen LogP contribution is 2.44. The molecule has 0 radical (unpaired) electrons. The van der Waals surface area contributed by atoms with Crippen LogP contribution in [0.5, 0.6) is 5.75 Å². The van der Waals surface area contributed by atoms with Crippen LogP contribution in [0.15, 0.2) is 83.6 Å². The van der Waals surface area contributed by atoms with Gasteiger partial charge in [-0.2, -0.15) is 0 Å². The second-order valence-electron chi connectivity index (χ2n) is 7.12. The average molecular weight is 461 g/mol. The lowest BCUT2D eigenvalue weighted by molar-refractivity contribution is 0.308. The fourth-order valence-electron chi connectivity index (χ4n) is 3.86. The van der Waals surface area contributed by atoms with Gasteiger partial charge in [0.1, 0.15) is 12.4 Å². The quantitative estimate of drug-likeness (QED) is 0.294. The van der Waals surface area contributed by atoms with Crippen LogP contribution < -0.4 is 9.64 Å². The first-order valence-corrected chi connectivity index (χ1v) is 11.1. The van der Waals surface area contributed by atoms with E-state index in [0.717, 1.165) is 51.1 Å². The second kappa shape index (κ2) is 9.31. The molecule has 0 aliphatic rings. The summed E-state index contributed by atoms with van der Waals surface area (Å²) in [6.45, 7) is 6.70. The summed E-state index contributed by atoms with van der Waals surface area (Å²) < 4.78 is 7.36. The molecule has 3 nitrogen and oxygen atoms in total. The molecule has 0 spiro atoms. The highest BCUT2D eigenvalue weighted by atomic mass is 79.9. The summed E-state index contributed by atoms with van der Waals surface area (Å²) in [6.07, 6.45) is 3.82. The lowest BCUT2D eigenvalue weighted by atomic mass is 9.96. The van der Waals surface area contributed by atoms with Gasteiger partial charge in [-0.05, 0) is 52.2 Å². The molecule has 0 fully saturated rings. The van der Waals surface area contributed by atoms with E-state index in [-0.39, 0.29) is 0 Å². The Morgan fingerprint density at radius 3 is 2.37 bits per heavy atom. The Hall–Kier alpha value is -2.85. The van der Waals surface area contributed by atoms with Crippen LogP contribution >= 0.6 is 15.9 Å². The van der Waals surface area contributed by atoms with E-state index in [1.54, 1.807) is 0 Å². The third-order valence-electron chi connectivity index (χ3n) is 5.35. The van der Waals surface area contributed by atoms with Crippen LogP contribution in [0.1, 0.15) is 19.4 Å². The van der Waals surface area contributed by atoms with Gasteiger partial charge in [0.25, 0.3) is 0 Å². The zero-order chi connectivity index (χ0) is 20.9. The molecule has 0 aliphatic carbocycles. The molecule has 0 saturated carbocycles. The third kappa shape index (κ3) is 4.05. The van der Waals surface area contributed by atoms with Gasteiger partial charge in [-0.1, -0.05) is 60.7 Å². The summed E-state index contributed by atoms with van der Waals surface area (Å²) >= 11 is 3.75. The normalized spacial score (nSPS) is 10.9. The van der Waals surface area contributed by atoms with Crippen LogP contribution in [-0.4, -0.2) is 18.1 Å². The number of hydrogen-bond acceptors (Lipinski definition) is 3. The van der Waals surface area contributed by atoms with Gasteiger partial charge in [0.15, 0.2) is 0 Å². The van der Waals surface area contributed by atoms with Gasteiger partial charge in [0.05, 0.1) is 10.2 Å². The van der Waals surface area contributed by atoms with E-state index in [1.807, 2.05) is 30.6 Å². The highest BCUT2D eigenvalue weighted by Gasteiger charge is 2.20. The number of fused-ring (bicyclic) bond motifs is 1. The zero-order valence-electron chi connectivity index (χ0n) is 17.3. The lowest BCUT2D eigenvalue weighted by Gasteiger charge is -2.26. The van der Waals surface area contributed by atoms with E-state index < -0.39 is 0 Å². The smallest absolute Gasteiger partial charge is 0.128 e. The maximum absolute atomic E-state index is 6.37. The fraction of sp³-hybridized carbons (Fsp3) is 0.192. The van der Waals surface area contributed by atoms with E-state index in [1.165, 1.54) is 5.39 Å². The Balaban J connectivity index is 1.90. The Labute approximate surface area is 186 Å². The SMILES string of the molecule is CCN(CC)c1c(Br)cncc1-c1c(OCc2ccccc2)ccc2ccccc12. The van der Waals surface area contributed by atoms with E-state index >= 15 is 0 Å². The molecule has 3 aromatic carbocycles. The van der Waals surface area contributed by atoms with Crippen LogP contribution in [0.25, 0.3) is 21.9 Å². The first-order chi connectivity index (χ1) is 14.7. The van der Waals surface area contributed by atoms with E-state index in [2.05, 4.69) is 88.2 Å². The van der Waals surface area contributed by atoms with Gasteiger partial charge in [0.2, 0.25) is 0 Å². The van der Waals surface area contributed by atoms with E-state index in [4.69, 9.17) is 4.74 Å². The molecular weight excluding hydrogens is 436 g/mol. The number of nitrogens with zero attached hydrogens (tertiary/aromatic N) is 2. The van der Waals surface area contributed by atoms with Gasteiger partial charge >= 0.3 is 0 Å². The summed E-state index contributed by atoms with van der Waals surface area (Å²) in [7, 11) is 0. The number of ether oxygens (including phenoxy) is 1. The summed E-state index contributed by atoms with van der Waals surface area (Å²) in [5.41, 5.74) is 4.46. The minimum Gasteiger partial charge on any atom is -0.488 e. The summed E-state index contributed by atoms with van der Waals surface area (Å²) in [5, 5.41) is 2.35. The van der Waals surface area contributed by atoms with Crippen molar-refractivity contribution in [2.24, 2.45) is 0 Å². The van der Waals surface area contributed by atoms with Crippen molar-refractivity contribution in [3.8, 4) is 16.9 Å². The number of rotatable bonds is 7. The van der Waals surface area contributed by atoms with Gasteiger partial charge in [-0.3, -0.25) is 4.98 Å². The number of benzene rings is 3. The Bertz CT molecular complexity index is 1140. The van der Waals surface area contributed by atoms with Crippen molar-refractivity contribution >= 4 is 32.4 Å². The molecule has 4 aromatic rings. The summed E-state index contributed by atoms with van der Waals surface area (Å²) in [4.78, 5) is 6.86. The molecule has 1 heterocycles. The van der Waals surface area contributed by atoms with Crippen LogP contribution in [-0.2, 0) is 6.61 Å². The van der Waals surface area contributed by atoms with Gasteiger partial charge in [0, 0.05) is 36.6 Å². The minimum atomic E-state index is 0.522. The molecule has 4 rings (SSSR count). The first-order valence-electron chi connectivity index (χ1n) is 10.3. The Kier molecular flexibility index (Phi) is 6.34. The van der Waals surface area contributed by atoms with Gasteiger partial charge in [-0.15, -0.1) is 0 Å². The number of hydrogen-bond donors (Lipinski definition) is 0. The van der Waals surface area contributed by atoms with Crippen LogP contribution in [0.2, 0.25) is 0 Å². The molecule has 0 bridgehead atoms. The predicted octanol–water partition coefficient (Wildman–Crippen LogP) is 7.09. The number of anilines is 1. The summed E-state index contributed by atoms with van der Waals surface area (Å²) in [6, 6.07) is 22.9. The van der Waals surface area contributed by atoms with Crippen LogP contribution in [0.4, 0.5) is 5.69 Å². The van der Waals surface area contributed by atoms with Crippen LogP contribution in [0, 0.1) is 0 Å². The van der Waals surface area contributed by atoms with Gasteiger partial charge < -0.3 is 9.64 Å². The lowest BCUT2D eigenvalue weighted by Crippen LogP contribution is -2.23. The van der Waals surface area contributed by atoms with Crippen molar-refractivity contribution in [2.45, 2.75) is 20.5 Å². The first kappa shape index (κ1) is 20.4. The number of aromatic nitrogens is 1. The van der Waals surface area contributed by atoms with E-state index in [0.29, 0.717) is 6.61 Å². The summed E-state index contributed by atoms with van der Waals surface area (Å²) in [5.74, 6) is 0.867.